The van der Waals surface area contributed by atoms with Gasteiger partial charge in [0.05, 0.1) is 6.61 Å². The van der Waals surface area contributed by atoms with Crippen LogP contribution < -0.4 is 5.73 Å². The van der Waals surface area contributed by atoms with Crippen molar-refractivity contribution in [2.45, 2.75) is 44.7 Å². The van der Waals surface area contributed by atoms with Crippen molar-refractivity contribution in [2.75, 3.05) is 46.9 Å². The summed E-state index contributed by atoms with van der Waals surface area (Å²) in [5, 5.41) is 0. The van der Waals surface area contributed by atoms with E-state index in [2.05, 4.69) is 30.7 Å². The largest absolute Gasteiger partial charge is 0.383 e. The van der Waals surface area contributed by atoms with E-state index in [4.69, 9.17) is 10.5 Å². The lowest BCUT2D eigenvalue weighted by atomic mass is 9.92. The molecule has 108 valence electrons. The van der Waals surface area contributed by atoms with Crippen LogP contribution in [-0.4, -0.2) is 68.3 Å². The second kappa shape index (κ2) is 7.43. The number of likely N-dealkylation sites (tertiary alicyclic amines) is 1. The maximum atomic E-state index is 6.14. The summed E-state index contributed by atoms with van der Waals surface area (Å²) in [5.74, 6) is 0. The summed E-state index contributed by atoms with van der Waals surface area (Å²) in [4.78, 5) is 5.02. The molecule has 1 heterocycles. The Morgan fingerprint density at radius 2 is 2.06 bits per heavy atom. The average Bonchev–Trinajstić information content (AvgIpc) is 2.77. The Hall–Kier alpha value is -0.160. The van der Waals surface area contributed by atoms with Gasteiger partial charge in [-0.15, -0.1) is 0 Å². The van der Waals surface area contributed by atoms with Crippen molar-refractivity contribution in [1.82, 2.24) is 9.80 Å². The summed E-state index contributed by atoms with van der Waals surface area (Å²) in [6, 6.07) is 0.621. The summed E-state index contributed by atoms with van der Waals surface area (Å²) in [5.41, 5.74) is 6.30. The molecule has 1 saturated heterocycles. The molecule has 0 amide bonds. The van der Waals surface area contributed by atoms with E-state index in [-0.39, 0.29) is 5.54 Å². The molecule has 4 heteroatoms. The highest BCUT2D eigenvalue weighted by molar-refractivity contribution is 5.01. The molecule has 0 aromatic rings. The minimum atomic E-state index is 0.157. The molecule has 0 aromatic carbocycles. The first-order chi connectivity index (χ1) is 8.63. The zero-order valence-corrected chi connectivity index (χ0v) is 12.6. The van der Waals surface area contributed by atoms with Crippen LogP contribution in [0.4, 0.5) is 0 Å². The third-order valence-electron chi connectivity index (χ3n) is 4.43. The number of likely N-dealkylation sites (N-methyl/N-ethyl adjacent to an activating group) is 1. The fourth-order valence-electron chi connectivity index (χ4n) is 3.30. The van der Waals surface area contributed by atoms with Crippen LogP contribution in [0.1, 0.15) is 33.1 Å². The van der Waals surface area contributed by atoms with Crippen molar-refractivity contribution < 1.29 is 4.74 Å². The van der Waals surface area contributed by atoms with Gasteiger partial charge < -0.3 is 15.4 Å². The lowest BCUT2D eigenvalue weighted by molar-refractivity contribution is 0.0254. The smallest absolute Gasteiger partial charge is 0.0590 e. The van der Waals surface area contributed by atoms with Crippen molar-refractivity contribution in [3.05, 3.63) is 0 Å². The Bertz CT molecular complexity index is 233. The summed E-state index contributed by atoms with van der Waals surface area (Å²) < 4.78 is 5.29. The Morgan fingerprint density at radius 1 is 1.39 bits per heavy atom. The first kappa shape index (κ1) is 15.9. The maximum Gasteiger partial charge on any atom is 0.0590 e. The summed E-state index contributed by atoms with van der Waals surface area (Å²) in [7, 11) is 3.97. The van der Waals surface area contributed by atoms with Gasteiger partial charge in [0.1, 0.15) is 0 Å². The monoisotopic (exact) mass is 257 g/mol. The highest BCUT2D eigenvalue weighted by Gasteiger charge is 2.42. The van der Waals surface area contributed by atoms with Crippen molar-refractivity contribution in [3.63, 3.8) is 0 Å². The van der Waals surface area contributed by atoms with E-state index in [9.17, 15) is 0 Å². The van der Waals surface area contributed by atoms with Crippen molar-refractivity contribution in [2.24, 2.45) is 5.73 Å². The molecule has 2 N–H and O–H groups in total. The molecule has 0 aromatic heterocycles. The number of hydrogen-bond acceptors (Lipinski definition) is 4. The molecule has 0 radical (unpaired) electrons. The Balaban J connectivity index is 2.84. The van der Waals surface area contributed by atoms with Crippen LogP contribution in [0.15, 0.2) is 0 Å². The van der Waals surface area contributed by atoms with E-state index in [1.54, 1.807) is 7.11 Å². The molecule has 18 heavy (non-hydrogen) atoms. The van der Waals surface area contributed by atoms with Gasteiger partial charge in [0.2, 0.25) is 0 Å². The third-order valence-corrected chi connectivity index (χ3v) is 4.43. The van der Waals surface area contributed by atoms with Gasteiger partial charge in [-0.1, -0.05) is 13.8 Å². The number of rotatable bonds is 8. The molecule has 0 bridgehead atoms. The summed E-state index contributed by atoms with van der Waals surface area (Å²) in [6.45, 7) is 9.33. The lowest BCUT2D eigenvalue weighted by Crippen LogP contribution is -2.59. The van der Waals surface area contributed by atoms with Gasteiger partial charge in [-0.25, -0.2) is 0 Å². The fraction of sp³-hybridized carbons (Fsp3) is 1.00. The molecule has 4 nitrogen and oxygen atoms in total. The molecule has 1 aliphatic rings. The predicted molar refractivity (Wildman–Crippen MR) is 76.9 cm³/mol. The number of hydrogen-bond donors (Lipinski definition) is 1. The van der Waals surface area contributed by atoms with Crippen LogP contribution in [0, 0.1) is 0 Å². The highest BCUT2D eigenvalue weighted by atomic mass is 16.5. The first-order valence-electron chi connectivity index (χ1n) is 7.27. The highest BCUT2D eigenvalue weighted by Crippen LogP contribution is 2.30. The topological polar surface area (TPSA) is 41.7 Å². The first-order valence-corrected chi connectivity index (χ1v) is 7.27. The average molecular weight is 257 g/mol. The van der Waals surface area contributed by atoms with Gasteiger partial charge in [0, 0.05) is 38.3 Å². The molecule has 0 saturated carbocycles. The van der Waals surface area contributed by atoms with E-state index in [0.717, 1.165) is 32.8 Å². The predicted octanol–water partition coefficient (Wildman–Crippen LogP) is 1.16. The second-order valence-corrected chi connectivity index (χ2v) is 5.57. The van der Waals surface area contributed by atoms with E-state index < -0.39 is 0 Å². The molecule has 1 fully saturated rings. The molecule has 0 spiro atoms. The Labute approximate surface area is 112 Å². The molecule has 1 unspecified atom stereocenters. The van der Waals surface area contributed by atoms with Gasteiger partial charge in [0.15, 0.2) is 0 Å². The van der Waals surface area contributed by atoms with E-state index in [1.165, 1.54) is 19.3 Å². The van der Waals surface area contributed by atoms with E-state index in [1.807, 2.05) is 0 Å². The van der Waals surface area contributed by atoms with Crippen molar-refractivity contribution >= 4 is 0 Å². The number of ether oxygens (including phenoxy) is 1. The molecule has 1 atom stereocenters. The van der Waals surface area contributed by atoms with Gasteiger partial charge in [-0.05, 0) is 32.9 Å². The minimum absolute atomic E-state index is 0.157. The Morgan fingerprint density at radius 3 is 2.44 bits per heavy atom. The summed E-state index contributed by atoms with van der Waals surface area (Å²) >= 11 is 0. The zero-order chi connectivity index (χ0) is 13.6. The quantitative estimate of drug-likeness (QED) is 0.708. The lowest BCUT2D eigenvalue weighted by Gasteiger charge is -2.45. The Kier molecular flexibility index (Phi) is 6.57. The number of methoxy groups -OCH3 is 1. The second-order valence-electron chi connectivity index (χ2n) is 5.57. The van der Waals surface area contributed by atoms with Crippen LogP contribution in [0.2, 0.25) is 0 Å². The van der Waals surface area contributed by atoms with Crippen LogP contribution in [-0.2, 0) is 4.74 Å². The van der Waals surface area contributed by atoms with Crippen LogP contribution in [0.5, 0.6) is 0 Å². The van der Waals surface area contributed by atoms with Crippen LogP contribution in [0.3, 0.4) is 0 Å². The molecular weight excluding hydrogens is 226 g/mol. The fourth-order valence-corrected chi connectivity index (χ4v) is 3.30. The van der Waals surface area contributed by atoms with Crippen LogP contribution in [0.25, 0.3) is 0 Å². The van der Waals surface area contributed by atoms with E-state index >= 15 is 0 Å². The normalized spacial score (nSPS) is 25.5. The third kappa shape index (κ3) is 3.44. The minimum Gasteiger partial charge on any atom is -0.383 e. The van der Waals surface area contributed by atoms with Crippen molar-refractivity contribution in [3.8, 4) is 0 Å². The molecule has 0 aliphatic carbocycles. The number of nitrogens with two attached hydrogens (primary N) is 1. The van der Waals surface area contributed by atoms with Gasteiger partial charge in [-0.3, -0.25) is 4.90 Å². The molecule has 1 rings (SSSR count). The molecular formula is C14H31N3O. The van der Waals surface area contributed by atoms with Gasteiger partial charge >= 0.3 is 0 Å². The zero-order valence-electron chi connectivity index (χ0n) is 12.6. The van der Waals surface area contributed by atoms with Gasteiger partial charge in [-0.2, -0.15) is 0 Å². The van der Waals surface area contributed by atoms with Gasteiger partial charge in [0.25, 0.3) is 0 Å². The van der Waals surface area contributed by atoms with Crippen molar-refractivity contribution in [1.29, 1.82) is 0 Å². The standard InChI is InChI=1S/C14H31N3O/c1-5-13(6-2)17(9-10-18-4)14(11-15)7-8-16(3)12-14/h13H,5-12,15H2,1-4H3. The van der Waals surface area contributed by atoms with Crippen LogP contribution >= 0.6 is 0 Å². The summed E-state index contributed by atoms with van der Waals surface area (Å²) in [6.07, 6.45) is 3.55. The molecule has 1 aliphatic heterocycles. The van der Waals surface area contributed by atoms with E-state index in [0.29, 0.717) is 6.04 Å². The SMILES string of the molecule is CCC(CC)N(CCOC)C1(CN)CCN(C)C1. The maximum absolute atomic E-state index is 6.14. The number of nitrogens with zero attached hydrogens (tertiary/aromatic N) is 2.